The molecule has 0 heterocycles. The Kier molecular flexibility index (Phi) is 5.53. The van der Waals surface area contributed by atoms with Crippen molar-refractivity contribution in [3.63, 3.8) is 0 Å². The van der Waals surface area contributed by atoms with E-state index in [0.29, 0.717) is 0 Å². The molecule has 7 heteroatoms. The summed E-state index contributed by atoms with van der Waals surface area (Å²) in [7, 11) is 0. The number of rotatable bonds is 6. The molecule has 17 heavy (non-hydrogen) atoms. The van der Waals surface area contributed by atoms with E-state index in [1.807, 2.05) is 5.32 Å². The predicted molar refractivity (Wildman–Crippen MR) is 58.1 cm³/mol. The molecule has 0 saturated heterocycles. The van der Waals surface area contributed by atoms with E-state index in [1.54, 1.807) is 0 Å². The summed E-state index contributed by atoms with van der Waals surface area (Å²) in [5.41, 5.74) is -1.85. The number of amides is 1. The Morgan fingerprint density at radius 1 is 1.29 bits per heavy atom. The standard InChI is InChI=1S/C10H19NO6/c1-5(6(2)13)7(14)8(15)11-10(3,4-12)9(16)17/h5-7,12-14H,4H2,1-3H3,(H,11,15)(H,16,17)/t5-,6+,7?,10+/m0/s1. The first kappa shape index (κ1) is 15.8. The van der Waals surface area contributed by atoms with Crippen molar-refractivity contribution in [3.8, 4) is 0 Å². The second kappa shape index (κ2) is 5.95. The second-order valence-corrected chi connectivity index (χ2v) is 4.33. The number of carboxylic acids is 1. The highest BCUT2D eigenvalue weighted by Crippen LogP contribution is 2.11. The Morgan fingerprint density at radius 2 is 1.76 bits per heavy atom. The van der Waals surface area contributed by atoms with Gasteiger partial charge in [0.2, 0.25) is 5.91 Å². The minimum absolute atomic E-state index is 0.744. The fourth-order valence-corrected chi connectivity index (χ4v) is 1.01. The van der Waals surface area contributed by atoms with Gasteiger partial charge in [-0.25, -0.2) is 4.79 Å². The van der Waals surface area contributed by atoms with Crippen LogP contribution in [-0.4, -0.2) is 56.7 Å². The Balaban J connectivity index is 4.69. The van der Waals surface area contributed by atoms with E-state index >= 15 is 0 Å². The van der Waals surface area contributed by atoms with Gasteiger partial charge in [-0.3, -0.25) is 4.79 Å². The Hall–Kier alpha value is -1.18. The minimum Gasteiger partial charge on any atom is -0.479 e. The lowest BCUT2D eigenvalue weighted by Crippen LogP contribution is -2.58. The van der Waals surface area contributed by atoms with Crippen molar-refractivity contribution in [3.05, 3.63) is 0 Å². The first-order valence-corrected chi connectivity index (χ1v) is 5.18. The van der Waals surface area contributed by atoms with Crippen molar-refractivity contribution in [2.24, 2.45) is 5.92 Å². The molecule has 0 aromatic carbocycles. The third kappa shape index (κ3) is 3.95. The van der Waals surface area contributed by atoms with Crippen LogP contribution in [0, 0.1) is 5.92 Å². The minimum atomic E-state index is -1.85. The summed E-state index contributed by atoms with van der Waals surface area (Å²) in [6.07, 6.45) is -2.46. The Morgan fingerprint density at radius 3 is 2.06 bits per heavy atom. The summed E-state index contributed by atoms with van der Waals surface area (Å²) in [5, 5.41) is 38.5. The van der Waals surface area contributed by atoms with Crippen LogP contribution in [-0.2, 0) is 9.59 Å². The Bertz CT molecular complexity index is 293. The fraction of sp³-hybridized carbons (Fsp3) is 0.800. The van der Waals surface area contributed by atoms with Crippen LogP contribution < -0.4 is 5.32 Å². The summed E-state index contributed by atoms with van der Waals surface area (Å²) in [6.45, 7) is 3.17. The van der Waals surface area contributed by atoms with Crippen LogP contribution in [0.25, 0.3) is 0 Å². The van der Waals surface area contributed by atoms with Crippen LogP contribution in [0.4, 0.5) is 0 Å². The highest BCUT2D eigenvalue weighted by Gasteiger charge is 2.37. The summed E-state index contributed by atoms with van der Waals surface area (Å²) in [6, 6.07) is 0. The summed E-state index contributed by atoms with van der Waals surface area (Å²) in [5.74, 6) is -3.10. The van der Waals surface area contributed by atoms with Gasteiger partial charge in [0.15, 0.2) is 5.54 Å². The molecule has 1 amide bonds. The van der Waals surface area contributed by atoms with Gasteiger partial charge < -0.3 is 25.7 Å². The lowest BCUT2D eigenvalue weighted by atomic mass is 9.96. The molecule has 100 valence electrons. The molecule has 0 bridgehead atoms. The second-order valence-electron chi connectivity index (χ2n) is 4.33. The third-order valence-electron chi connectivity index (χ3n) is 2.71. The number of carbonyl (C=O) groups is 2. The number of aliphatic carboxylic acids is 1. The zero-order chi connectivity index (χ0) is 13.8. The van der Waals surface area contributed by atoms with Crippen molar-refractivity contribution >= 4 is 11.9 Å². The van der Waals surface area contributed by atoms with Crippen molar-refractivity contribution in [2.45, 2.75) is 38.5 Å². The van der Waals surface area contributed by atoms with Crippen LogP contribution >= 0.6 is 0 Å². The van der Waals surface area contributed by atoms with Crippen LogP contribution in [0.1, 0.15) is 20.8 Å². The first-order chi connectivity index (χ1) is 7.65. The largest absolute Gasteiger partial charge is 0.479 e. The van der Waals surface area contributed by atoms with Gasteiger partial charge in [0.1, 0.15) is 6.10 Å². The average molecular weight is 249 g/mol. The predicted octanol–water partition coefficient (Wildman–Crippen LogP) is -1.68. The molecular formula is C10H19NO6. The number of nitrogens with one attached hydrogen (secondary N) is 1. The zero-order valence-corrected chi connectivity index (χ0v) is 10.0. The molecule has 7 nitrogen and oxygen atoms in total. The fourth-order valence-electron chi connectivity index (χ4n) is 1.01. The summed E-state index contributed by atoms with van der Waals surface area (Å²) in [4.78, 5) is 22.3. The van der Waals surface area contributed by atoms with Crippen molar-refractivity contribution < 1.29 is 30.0 Å². The highest BCUT2D eigenvalue weighted by molar-refractivity contribution is 5.89. The average Bonchev–Trinajstić information content (AvgIpc) is 2.26. The van der Waals surface area contributed by atoms with E-state index in [2.05, 4.69) is 0 Å². The van der Waals surface area contributed by atoms with Crippen LogP contribution in [0.3, 0.4) is 0 Å². The molecule has 0 aliphatic heterocycles. The van der Waals surface area contributed by atoms with Gasteiger partial charge in [-0.15, -0.1) is 0 Å². The molecule has 0 spiro atoms. The zero-order valence-electron chi connectivity index (χ0n) is 10.0. The molecule has 0 aliphatic carbocycles. The normalized spacial score (nSPS) is 19.9. The molecule has 0 saturated carbocycles. The van der Waals surface area contributed by atoms with E-state index < -0.39 is 42.1 Å². The number of aliphatic hydroxyl groups excluding tert-OH is 3. The molecule has 0 rings (SSSR count). The Labute approximate surface area is 99.1 Å². The molecule has 0 aromatic rings. The van der Waals surface area contributed by atoms with Crippen LogP contribution in [0.15, 0.2) is 0 Å². The van der Waals surface area contributed by atoms with Crippen molar-refractivity contribution in [1.82, 2.24) is 5.32 Å². The van der Waals surface area contributed by atoms with Gasteiger partial charge in [0, 0.05) is 5.92 Å². The number of carboxylic acid groups (broad SMARTS) is 1. The van der Waals surface area contributed by atoms with Gasteiger partial charge in [-0.1, -0.05) is 6.92 Å². The molecule has 1 unspecified atom stereocenters. The summed E-state index contributed by atoms with van der Waals surface area (Å²) >= 11 is 0. The van der Waals surface area contributed by atoms with E-state index in [9.17, 15) is 19.8 Å². The molecular weight excluding hydrogens is 230 g/mol. The smallest absolute Gasteiger partial charge is 0.331 e. The highest BCUT2D eigenvalue weighted by atomic mass is 16.4. The summed E-state index contributed by atoms with van der Waals surface area (Å²) < 4.78 is 0. The topological polar surface area (TPSA) is 127 Å². The molecule has 0 radical (unpaired) electrons. The third-order valence-corrected chi connectivity index (χ3v) is 2.71. The number of hydrogen-bond donors (Lipinski definition) is 5. The van der Waals surface area contributed by atoms with Crippen LogP contribution in [0.2, 0.25) is 0 Å². The van der Waals surface area contributed by atoms with Gasteiger partial charge in [-0.2, -0.15) is 0 Å². The lowest BCUT2D eigenvalue weighted by molar-refractivity contribution is -0.151. The van der Waals surface area contributed by atoms with Crippen LogP contribution in [0.5, 0.6) is 0 Å². The van der Waals surface area contributed by atoms with Gasteiger partial charge in [-0.05, 0) is 13.8 Å². The van der Waals surface area contributed by atoms with Crippen molar-refractivity contribution in [1.29, 1.82) is 0 Å². The maximum atomic E-state index is 11.5. The maximum Gasteiger partial charge on any atom is 0.331 e. The molecule has 0 aromatic heterocycles. The van der Waals surface area contributed by atoms with E-state index in [1.165, 1.54) is 13.8 Å². The maximum absolute atomic E-state index is 11.5. The van der Waals surface area contributed by atoms with Gasteiger partial charge in [0.05, 0.1) is 12.7 Å². The monoisotopic (exact) mass is 249 g/mol. The quantitative estimate of drug-likeness (QED) is 0.382. The number of aliphatic hydroxyl groups is 3. The SMILES string of the molecule is C[C@H](C(O)C(=O)N[C@](C)(CO)C(=O)O)[C@@H](C)O. The lowest BCUT2D eigenvalue weighted by Gasteiger charge is -2.27. The van der Waals surface area contributed by atoms with E-state index in [0.717, 1.165) is 6.92 Å². The van der Waals surface area contributed by atoms with E-state index in [-0.39, 0.29) is 0 Å². The van der Waals surface area contributed by atoms with E-state index in [4.69, 9.17) is 10.2 Å². The van der Waals surface area contributed by atoms with Gasteiger partial charge >= 0.3 is 5.97 Å². The number of carbonyl (C=O) groups excluding carboxylic acids is 1. The molecule has 4 atom stereocenters. The molecule has 0 fully saturated rings. The molecule has 5 N–H and O–H groups in total. The van der Waals surface area contributed by atoms with Crippen molar-refractivity contribution in [2.75, 3.05) is 6.61 Å². The van der Waals surface area contributed by atoms with Gasteiger partial charge in [0.25, 0.3) is 0 Å². The first-order valence-electron chi connectivity index (χ1n) is 5.18. The molecule has 0 aliphatic rings. The number of hydrogen-bond acceptors (Lipinski definition) is 5.